The maximum absolute atomic E-state index is 11.2. The number of rotatable bonds is 30. The number of hydrogen-bond donors (Lipinski definition) is 1. The van der Waals surface area contributed by atoms with Gasteiger partial charge in [-0.05, 0) is 30.5 Å². The maximum atomic E-state index is 11.2. The van der Waals surface area contributed by atoms with Crippen LogP contribution >= 0.6 is 0 Å². The van der Waals surface area contributed by atoms with Crippen molar-refractivity contribution < 1.29 is 13.0 Å². The first kappa shape index (κ1) is 37.2. The van der Waals surface area contributed by atoms with Crippen LogP contribution in [0.1, 0.15) is 192 Å². The number of unbranched alkanes of at least 4 members (excludes halogenated alkanes) is 27. The van der Waals surface area contributed by atoms with Gasteiger partial charge in [-0.3, -0.25) is 4.55 Å². The molecule has 0 unspecified atom stereocenters. The van der Waals surface area contributed by atoms with Crippen LogP contribution < -0.4 is 0 Å². The SMILES string of the molecule is CCCCCCCCCCCCCCCCCCCCCCCCCCCCCCc1cccc(S(=O)(=O)O)c1. The zero-order valence-electron chi connectivity index (χ0n) is 26.5. The molecule has 3 nitrogen and oxygen atoms in total. The molecule has 0 saturated heterocycles. The third-order valence-corrected chi connectivity index (χ3v) is 9.36. The summed E-state index contributed by atoms with van der Waals surface area (Å²) in [5.41, 5.74) is 0.991. The smallest absolute Gasteiger partial charge is 0.282 e. The van der Waals surface area contributed by atoms with Crippen molar-refractivity contribution in [2.24, 2.45) is 0 Å². The molecular weight excluding hydrogens is 512 g/mol. The molecule has 234 valence electrons. The van der Waals surface area contributed by atoms with E-state index in [0.29, 0.717) is 0 Å². The van der Waals surface area contributed by atoms with Crippen LogP contribution in [0.5, 0.6) is 0 Å². The number of hydrogen-bond acceptors (Lipinski definition) is 2. The molecule has 1 aromatic carbocycles. The highest BCUT2D eigenvalue weighted by Crippen LogP contribution is 2.17. The predicted molar refractivity (Wildman–Crippen MR) is 175 cm³/mol. The summed E-state index contributed by atoms with van der Waals surface area (Å²) in [6, 6.07) is 6.69. The van der Waals surface area contributed by atoms with E-state index in [4.69, 9.17) is 4.55 Å². The van der Waals surface area contributed by atoms with Crippen molar-refractivity contribution in [1.82, 2.24) is 0 Å². The first-order chi connectivity index (χ1) is 19.5. The van der Waals surface area contributed by atoms with Crippen LogP contribution in [-0.4, -0.2) is 13.0 Å². The van der Waals surface area contributed by atoms with Gasteiger partial charge in [-0.2, -0.15) is 8.42 Å². The van der Waals surface area contributed by atoms with Crippen molar-refractivity contribution in [3.63, 3.8) is 0 Å². The summed E-state index contributed by atoms with van der Waals surface area (Å²) in [6.45, 7) is 2.30. The minimum absolute atomic E-state index is 0.00483. The predicted octanol–water partition coefficient (Wildman–Crippen LogP) is 12.4. The zero-order chi connectivity index (χ0) is 29.0. The van der Waals surface area contributed by atoms with Crippen molar-refractivity contribution in [3.05, 3.63) is 29.8 Å². The van der Waals surface area contributed by atoms with Crippen LogP contribution in [-0.2, 0) is 16.5 Å². The molecule has 0 aliphatic rings. The topological polar surface area (TPSA) is 54.4 Å². The first-order valence-electron chi connectivity index (χ1n) is 17.6. The summed E-state index contributed by atoms with van der Waals surface area (Å²) >= 11 is 0. The van der Waals surface area contributed by atoms with E-state index in [9.17, 15) is 8.42 Å². The van der Waals surface area contributed by atoms with Gasteiger partial charge in [-0.25, -0.2) is 0 Å². The second-order valence-electron chi connectivity index (χ2n) is 12.4. The Labute approximate surface area is 250 Å². The van der Waals surface area contributed by atoms with Crippen LogP contribution in [0.15, 0.2) is 29.2 Å². The number of aryl methyl sites for hydroxylation is 1. The molecule has 0 saturated carbocycles. The maximum Gasteiger partial charge on any atom is 0.294 e. The molecule has 0 amide bonds. The second kappa shape index (κ2) is 27.0. The summed E-state index contributed by atoms with van der Waals surface area (Å²) in [5.74, 6) is 0. The fraction of sp³-hybridized carbons (Fsp3) is 0.833. The van der Waals surface area contributed by atoms with Gasteiger partial charge in [0.05, 0.1) is 4.90 Å². The molecular formula is C36H66O3S. The van der Waals surface area contributed by atoms with Crippen molar-refractivity contribution in [3.8, 4) is 0 Å². The molecule has 0 aromatic heterocycles. The van der Waals surface area contributed by atoms with Gasteiger partial charge < -0.3 is 0 Å². The lowest BCUT2D eigenvalue weighted by Crippen LogP contribution is -1.98. The monoisotopic (exact) mass is 578 g/mol. The molecule has 0 atom stereocenters. The Bertz CT molecular complexity index is 774. The van der Waals surface area contributed by atoms with Crippen molar-refractivity contribution in [2.75, 3.05) is 0 Å². The van der Waals surface area contributed by atoms with Crippen LogP contribution in [0.4, 0.5) is 0 Å². The zero-order valence-corrected chi connectivity index (χ0v) is 27.3. The van der Waals surface area contributed by atoms with Crippen LogP contribution in [0, 0.1) is 0 Å². The molecule has 0 radical (unpaired) electrons. The van der Waals surface area contributed by atoms with Gasteiger partial charge in [-0.15, -0.1) is 0 Å². The Hall–Kier alpha value is -0.870. The molecule has 0 heterocycles. The lowest BCUT2D eigenvalue weighted by molar-refractivity contribution is 0.483. The quantitative estimate of drug-likeness (QED) is 0.0729. The van der Waals surface area contributed by atoms with Crippen molar-refractivity contribution >= 4 is 10.1 Å². The van der Waals surface area contributed by atoms with Crippen LogP contribution in [0.25, 0.3) is 0 Å². The summed E-state index contributed by atoms with van der Waals surface area (Å²) < 4.78 is 31.7. The third kappa shape index (κ3) is 23.8. The second-order valence-corrected chi connectivity index (χ2v) is 13.8. The molecule has 1 rings (SSSR count). The molecule has 1 aromatic rings. The number of benzene rings is 1. The lowest BCUT2D eigenvalue weighted by Gasteiger charge is -2.05. The highest BCUT2D eigenvalue weighted by atomic mass is 32.2. The Morgan fingerprint density at radius 3 is 1.07 bits per heavy atom. The molecule has 0 spiro atoms. The fourth-order valence-corrected chi connectivity index (χ4v) is 6.41. The summed E-state index contributed by atoms with van der Waals surface area (Å²) in [4.78, 5) is 0.00483. The van der Waals surface area contributed by atoms with Gasteiger partial charge in [0, 0.05) is 0 Å². The Kier molecular flexibility index (Phi) is 25.1. The van der Waals surface area contributed by atoms with Gasteiger partial charge in [0.25, 0.3) is 10.1 Å². The van der Waals surface area contributed by atoms with Crippen LogP contribution in [0.3, 0.4) is 0 Å². The van der Waals surface area contributed by atoms with Gasteiger partial charge in [0.15, 0.2) is 0 Å². The molecule has 1 N–H and O–H groups in total. The van der Waals surface area contributed by atoms with Gasteiger partial charge in [0.2, 0.25) is 0 Å². The summed E-state index contributed by atoms with van der Waals surface area (Å²) in [6.07, 6.45) is 40.2. The van der Waals surface area contributed by atoms with Gasteiger partial charge in [0.1, 0.15) is 0 Å². The minimum atomic E-state index is -4.09. The molecule has 0 fully saturated rings. The first-order valence-corrected chi connectivity index (χ1v) is 19.0. The third-order valence-electron chi connectivity index (χ3n) is 8.52. The van der Waals surface area contributed by atoms with E-state index in [0.717, 1.165) is 18.4 Å². The average molecular weight is 579 g/mol. The lowest BCUT2D eigenvalue weighted by atomic mass is 10.0. The Morgan fingerprint density at radius 2 is 0.775 bits per heavy atom. The molecule has 0 aliphatic heterocycles. The van der Waals surface area contributed by atoms with Crippen molar-refractivity contribution in [1.29, 1.82) is 0 Å². The highest BCUT2D eigenvalue weighted by Gasteiger charge is 2.09. The van der Waals surface area contributed by atoms with E-state index >= 15 is 0 Å². The normalized spacial score (nSPS) is 11.8. The fourth-order valence-electron chi connectivity index (χ4n) is 5.86. The largest absolute Gasteiger partial charge is 0.294 e. The average Bonchev–Trinajstić information content (AvgIpc) is 2.94. The summed E-state index contributed by atoms with van der Waals surface area (Å²) in [7, 11) is -4.09. The molecule has 4 heteroatoms. The van der Waals surface area contributed by atoms with E-state index in [-0.39, 0.29) is 4.90 Å². The van der Waals surface area contributed by atoms with E-state index in [2.05, 4.69) is 6.92 Å². The van der Waals surface area contributed by atoms with Gasteiger partial charge in [-0.1, -0.05) is 192 Å². The van der Waals surface area contributed by atoms with Crippen molar-refractivity contribution in [2.45, 2.75) is 198 Å². The van der Waals surface area contributed by atoms with E-state index < -0.39 is 10.1 Å². The van der Waals surface area contributed by atoms with Gasteiger partial charge >= 0.3 is 0 Å². The van der Waals surface area contributed by atoms with Crippen LogP contribution in [0.2, 0.25) is 0 Å². The van der Waals surface area contributed by atoms with E-state index in [1.54, 1.807) is 12.1 Å². The standard InChI is InChI=1S/C36H66O3S/c1-2-3-4-5-6-7-8-9-10-11-12-13-14-15-16-17-18-19-20-21-22-23-24-25-26-27-28-29-31-35-32-30-33-36(34-35)40(37,38)39/h30,32-34H,2-29,31H2,1H3,(H,37,38,39). The van der Waals surface area contributed by atoms with E-state index in [1.807, 2.05) is 6.07 Å². The highest BCUT2D eigenvalue weighted by molar-refractivity contribution is 7.85. The minimum Gasteiger partial charge on any atom is -0.282 e. The Morgan fingerprint density at radius 1 is 0.475 bits per heavy atom. The summed E-state index contributed by atoms with van der Waals surface area (Å²) in [5, 5.41) is 0. The molecule has 40 heavy (non-hydrogen) atoms. The molecule has 0 bridgehead atoms. The molecule has 0 aliphatic carbocycles. The van der Waals surface area contributed by atoms with E-state index in [1.165, 1.54) is 179 Å². The Balaban J connectivity index is 1.72.